The second-order valence-electron chi connectivity index (χ2n) is 8.51. The summed E-state index contributed by atoms with van der Waals surface area (Å²) >= 11 is 0. The van der Waals surface area contributed by atoms with Crippen LogP contribution in [-0.4, -0.2) is 34.4 Å². The lowest BCUT2D eigenvalue weighted by atomic mass is 9.92. The Kier molecular flexibility index (Phi) is 5.77. The number of nitriles is 1. The monoisotopic (exact) mass is 472 g/mol. The number of aromatic nitrogens is 3. The van der Waals surface area contributed by atoms with Crippen LogP contribution in [0.25, 0.3) is 22.2 Å². The third-order valence-corrected chi connectivity index (χ3v) is 7.88. The van der Waals surface area contributed by atoms with Gasteiger partial charge in [-0.1, -0.05) is 36.4 Å². The predicted molar refractivity (Wildman–Crippen MR) is 131 cm³/mol. The molecule has 172 valence electrons. The molecule has 5 rings (SSSR count). The van der Waals surface area contributed by atoms with Gasteiger partial charge in [0.05, 0.1) is 27.9 Å². The number of para-hydroxylation sites is 1. The van der Waals surface area contributed by atoms with Crippen molar-refractivity contribution < 1.29 is 8.42 Å². The van der Waals surface area contributed by atoms with E-state index in [0.717, 1.165) is 25.7 Å². The molecule has 0 spiro atoms. The molecular weight excluding hydrogens is 448 g/mol. The van der Waals surface area contributed by atoms with Gasteiger partial charge in [0.25, 0.3) is 10.0 Å². The molecule has 2 heterocycles. The van der Waals surface area contributed by atoms with Crippen molar-refractivity contribution in [3.05, 3.63) is 72.6 Å². The summed E-state index contributed by atoms with van der Waals surface area (Å²) in [4.78, 5) is 9.17. The number of anilines is 1. The Hall–Kier alpha value is -3.74. The first kappa shape index (κ1) is 22.1. The quantitative estimate of drug-likeness (QED) is 0.451. The van der Waals surface area contributed by atoms with Gasteiger partial charge in [0.15, 0.2) is 0 Å². The summed E-state index contributed by atoms with van der Waals surface area (Å²) in [6.07, 6.45) is 6.86. The zero-order valence-corrected chi connectivity index (χ0v) is 19.2. The van der Waals surface area contributed by atoms with Crippen LogP contribution in [0.5, 0.6) is 0 Å². The number of nitrogens with zero attached hydrogens (tertiary/aromatic N) is 4. The molecule has 3 N–H and O–H groups in total. The van der Waals surface area contributed by atoms with Gasteiger partial charge < -0.3 is 11.1 Å². The van der Waals surface area contributed by atoms with Gasteiger partial charge in [-0.15, -0.1) is 0 Å². The molecule has 0 saturated heterocycles. The fraction of sp³-hybridized carbons (Fsp3) is 0.240. The number of rotatable bonds is 5. The van der Waals surface area contributed by atoms with Gasteiger partial charge in [0.1, 0.15) is 6.07 Å². The van der Waals surface area contributed by atoms with E-state index in [0.29, 0.717) is 28.1 Å². The summed E-state index contributed by atoms with van der Waals surface area (Å²) in [6.45, 7) is 0. The van der Waals surface area contributed by atoms with Gasteiger partial charge in [-0.3, -0.25) is 0 Å². The predicted octanol–water partition coefficient (Wildman–Crippen LogP) is 3.89. The standard InChI is InChI=1S/C25H24N6O2S/c26-14-17-15-28-25(29-19-8-6-7-18(27)13-19)30-24(17)22-16-31(23-12-5-4-11-21(22)23)34(32,33)20-9-2-1-3-10-20/h1-5,9-12,15-16,18-19H,6-8,13,27H2,(H,28,29,30). The molecule has 2 unspecified atom stereocenters. The number of nitrogens with two attached hydrogens (primary N) is 1. The summed E-state index contributed by atoms with van der Waals surface area (Å²) in [5, 5.41) is 13.8. The molecule has 8 nitrogen and oxygen atoms in total. The second-order valence-corrected chi connectivity index (χ2v) is 10.3. The Morgan fingerprint density at radius 2 is 1.85 bits per heavy atom. The highest BCUT2D eigenvalue weighted by molar-refractivity contribution is 7.90. The van der Waals surface area contributed by atoms with Crippen molar-refractivity contribution in [1.29, 1.82) is 5.26 Å². The van der Waals surface area contributed by atoms with E-state index in [1.165, 1.54) is 16.4 Å². The summed E-state index contributed by atoms with van der Waals surface area (Å²) < 4.78 is 28.2. The lowest BCUT2D eigenvalue weighted by Gasteiger charge is -2.27. The maximum absolute atomic E-state index is 13.4. The first-order chi connectivity index (χ1) is 16.5. The van der Waals surface area contributed by atoms with Gasteiger partial charge in [0, 0.05) is 29.2 Å². The number of hydrogen-bond acceptors (Lipinski definition) is 7. The highest BCUT2D eigenvalue weighted by Gasteiger charge is 2.24. The smallest absolute Gasteiger partial charge is 0.268 e. The van der Waals surface area contributed by atoms with Crippen LogP contribution in [0.4, 0.5) is 5.95 Å². The first-order valence-electron chi connectivity index (χ1n) is 11.2. The topological polar surface area (TPSA) is 127 Å². The van der Waals surface area contributed by atoms with Crippen molar-refractivity contribution >= 4 is 26.9 Å². The van der Waals surface area contributed by atoms with Crippen LogP contribution in [-0.2, 0) is 10.0 Å². The SMILES string of the molecule is N#Cc1cnc(NC2CCCC(N)C2)nc1-c1cn(S(=O)(=O)c2ccccc2)c2ccccc12. The summed E-state index contributed by atoms with van der Waals surface area (Å²) in [6, 6.07) is 17.9. The van der Waals surface area contributed by atoms with Crippen molar-refractivity contribution in [2.75, 3.05) is 5.32 Å². The Balaban J connectivity index is 1.63. The van der Waals surface area contributed by atoms with Crippen molar-refractivity contribution in [2.45, 2.75) is 42.7 Å². The number of hydrogen-bond donors (Lipinski definition) is 2. The van der Waals surface area contributed by atoms with Crippen molar-refractivity contribution in [2.24, 2.45) is 5.73 Å². The van der Waals surface area contributed by atoms with Crippen molar-refractivity contribution in [3.63, 3.8) is 0 Å². The van der Waals surface area contributed by atoms with Crippen LogP contribution in [0.2, 0.25) is 0 Å². The molecule has 2 aromatic heterocycles. The van der Waals surface area contributed by atoms with Crippen LogP contribution >= 0.6 is 0 Å². The van der Waals surface area contributed by atoms with E-state index in [-0.39, 0.29) is 22.5 Å². The largest absolute Gasteiger partial charge is 0.351 e. The van der Waals surface area contributed by atoms with E-state index in [1.54, 1.807) is 42.5 Å². The zero-order chi connectivity index (χ0) is 23.7. The second kappa shape index (κ2) is 8.89. The molecule has 1 saturated carbocycles. The van der Waals surface area contributed by atoms with Crippen LogP contribution in [0, 0.1) is 11.3 Å². The molecule has 34 heavy (non-hydrogen) atoms. The minimum absolute atomic E-state index is 0.144. The van der Waals surface area contributed by atoms with E-state index in [9.17, 15) is 13.7 Å². The van der Waals surface area contributed by atoms with Crippen LogP contribution in [0.15, 0.2) is 71.9 Å². The van der Waals surface area contributed by atoms with E-state index in [4.69, 9.17) is 5.73 Å². The van der Waals surface area contributed by atoms with Crippen LogP contribution < -0.4 is 11.1 Å². The van der Waals surface area contributed by atoms with E-state index < -0.39 is 10.0 Å². The van der Waals surface area contributed by atoms with Gasteiger partial charge in [-0.25, -0.2) is 22.4 Å². The molecule has 1 aliphatic rings. The van der Waals surface area contributed by atoms with Crippen molar-refractivity contribution in [1.82, 2.24) is 13.9 Å². The molecule has 2 atom stereocenters. The molecule has 0 aliphatic heterocycles. The van der Waals surface area contributed by atoms with E-state index in [1.807, 2.05) is 12.1 Å². The van der Waals surface area contributed by atoms with Crippen LogP contribution in [0.1, 0.15) is 31.2 Å². The molecule has 0 amide bonds. The molecule has 0 radical (unpaired) electrons. The number of nitrogens with one attached hydrogen (secondary N) is 1. The highest BCUT2D eigenvalue weighted by Crippen LogP contribution is 2.34. The molecular formula is C25H24N6O2S. The van der Waals surface area contributed by atoms with E-state index in [2.05, 4.69) is 21.4 Å². The number of fused-ring (bicyclic) bond motifs is 1. The average molecular weight is 473 g/mol. The zero-order valence-electron chi connectivity index (χ0n) is 18.4. The van der Waals surface area contributed by atoms with Gasteiger partial charge in [-0.2, -0.15) is 5.26 Å². The third kappa shape index (κ3) is 4.02. The molecule has 4 aromatic rings. The Morgan fingerprint density at radius 3 is 2.62 bits per heavy atom. The summed E-state index contributed by atoms with van der Waals surface area (Å²) in [5.74, 6) is 0.399. The summed E-state index contributed by atoms with van der Waals surface area (Å²) in [7, 11) is -3.85. The van der Waals surface area contributed by atoms with Crippen molar-refractivity contribution in [3.8, 4) is 17.3 Å². The Labute approximate surface area is 198 Å². The highest BCUT2D eigenvalue weighted by atomic mass is 32.2. The maximum atomic E-state index is 13.4. The average Bonchev–Trinajstić information content (AvgIpc) is 3.25. The lowest BCUT2D eigenvalue weighted by molar-refractivity contribution is 0.408. The normalized spacial score (nSPS) is 18.5. The van der Waals surface area contributed by atoms with E-state index >= 15 is 0 Å². The minimum atomic E-state index is -3.85. The van der Waals surface area contributed by atoms with Crippen LogP contribution in [0.3, 0.4) is 0 Å². The molecule has 0 bridgehead atoms. The summed E-state index contributed by atoms with van der Waals surface area (Å²) in [5.41, 5.74) is 7.84. The van der Waals surface area contributed by atoms with Gasteiger partial charge in [-0.05, 0) is 43.9 Å². The molecule has 9 heteroatoms. The lowest BCUT2D eigenvalue weighted by Crippen LogP contribution is -2.35. The molecule has 2 aromatic carbocycles. The maximum Gasteiger partial charge on any atom is 0.268 e. The number of benzene rings is 2. The van der Waals surface area contributed by atoms with Gasteiger partial charge in [0.2, 0.25) is 5.95 Å². The minimum Gasteiger partial charge on any atom is -0.351 e. The molecule has 1 fully saturated rings. The van der Waals surface area contributed by atoms with Gasteiger partial charge >= 0.3 is 0 Å². The fourth-order valence-electron chi connectivity index (χ4n) is 4.52. The first-order valence-corrected chi connectivity index (χ1v) is 12.6. The molecule has 1 aliphatic carbocycles. The third-order valence-electron chi connectivity index (χ3n) is 6.19. The fourth-order valence-corrected chi connectivity index (χ4v) is 5.91. The Bertz CT molecular complexity index is 1490. The Morgan fingerprint density at radius 1 is 1.09 bits per heavy atom.